The monoisotopic (exact) mass is 1590 g/mol. The lowest BCUT2D eigenvalue weighted by Crippen LogP contribution is -2.55. The summed E-state index contributed by atoms with van der Waals surface area (Å²) in [6.45, 7) is 8.46. The number of nitrogens with zero attached hydrogens (tertiary/aromatic N) is 3. The molecule has 6 saturated heterocycles. The fourth-order valence-electron chi connectivity index (χ4n) is 14.7. The Morgan fingerprint density at radius 2 is 0.731 bits per heavy atom. The smallest absolute Gasteiger partial charge is 0.394 e. The molecule has 0 aromatic heterocycles. The number of aliphatic hydroxyl groups excluding tert-OH is 10. The summed E-state index contributed by atoms with van der Waals surface area (Å²) in [6.07, 6.45) is -4.47. The molecule has 6 heterocycles. The number of hydrogen-bond donors (Lipinski definition) is 11. The van der Waals surface area contributed by atoms with Crippen LogP contribution in [0.2, 0.25) is 0 Å². The first-order chi connectivity index (χ1) is 51.3. The Morgan fingerprint density at radius 3 is 1.09 bits per heavy atom. The van der Waals surface area contributed by atoms with Gasteiger partial charge in [-0.05, 0) is 90.9 Å². The Balaban J connectivity index is 0.946. The molecule has 33 nitrogen and oxygen atoms in total. The average Bonchev–Trinajstić information content (AvgIpc) is 1.22. The van der Waals surface area contributed by atoms with E-state index in [9.17, 15) is 93.9 Å². The van der Waals surface area contributed by atoms with Crippen LogP contribution in [-0.4, -0.2) is 308 Å². The van der Waals surface area contributed by atoms with Gasteiger partial charge in [-0.25, -0.2) is 4.57 Å². The SMILES string of the molecule is CC(C)OC[C@@H]1C[C@@H](OP(C)(=O)OC[C@@H]2C[C@@H](OP(=O)(O)OC[C@@H]3C[C@@H](O)CN3C(=O)CCCCCCC(=O)CCCO[C@@H]3OC(CO)[C@H](O)[C@H](O)C3C)CN2C(=O)CCCCCCC(=O)CCCO[C@@H]2OC(CO)[C@H](O)[C@H](O)C2C)CN1C(=O)CCCCCCC(=O)CCCO[C@@H]1OC(CO)[C@H](O)[C@H](O)C1C. The van der Waals surface area contributed by atoms with E-state index in [2.05, 4.69) is 0 Å². The number of amides is 3. The van der Waals surface area contributed by atoms with Gasteiger partial charge in [0.2, 0.25) is 17.7 Å². The minimum Gasteiger partial charge on any atom is -0.394 e. The lowest BCUT2D eigenvalue weighted by molar-refractivity contribution is -0.282. The van der Waals surface area contributed by atoms with Crippen LogP contribution >= 0.6 is 15.4 Å². The Hall–Kier alpha value is -3.00. The average molecular weight is 1590 g/mol. The van der Waals surface area contributed by atoms with Gasteiger partial charge in [-0.1, -0.05) is 59.3 Å². The minimum absolute atomic E-state index is 0.0150. The minimum atomic E-state index is -4.91. The molecule has 0 aromatic rings. The Bertz CT molecular complexity index is 2790. The molecule has 0 saturated carbocycles. The highest BCUT2D eigenvalue weighted by Crippen LogP contribution is 2.50. The number of phosphoric ester groups is 1. The van der Waals surface area contributed by atoms with Crippen LogP contribution < -0.4 is 0 Å². The number of unbranched alkanes of at least 4 members (excludes halogenated alkanes) is 9. The number of phosphoric acid groups is 1. The van der Waals surface area contributed by atoms with Crippen molar-refractivity contribution in [1.82, 2.24) is 14.7 Å². The summed E-state index contributed by atoms with van der Waals surface area (Å²) in [6, 6.07) is -1.98. The third-order valence-electron chi connectivity index (χ3n) is 21.3. The maximum Gasteiger partial charge on any atom is 0.472 e. The molecule has 0 bridgehead atoms. The zero-order valence-corrected chi connectivity index (χ0v) is 66.0. The normalized spacial score (nSPS) is 32.2. The van der Waals surface area contributed by atoms with Gasteiger partial charge in [0.15, 0.2) is 18.9 Å². The Morgan fingerprint density at radius 1 is 0.417 bits per heavy atom. The topological polar surface area (TPSA) is 470 Å². The molecule has 3 amide bonds. The van der Waals surface area contributed by atoms with Crippen LogP contribution in [0.25, 0.3) is 0 Å². The van der Waals surface area contributed by atoms with Gasteiger partial charge < -0.3 is 113 Å². The van der Waals surface area contributed by atoms with Gasteiger partial charge in [0.25, 0.3) is 0 Å². The second-order valence-corrected chi connectivity index (χ2v) is 34.0. The molecule has 8 unspecified atom stereocenters. The largest absolute Gasteiger partial charge is 0.472 e. The standard InChI is InChI=1S/C73H129N3O30P2/c1-46(2)99-43-51-35-57(38-75(51)63(85)29-17-11-8-14-23-54(81)26-20-32-97-72-48(4)66(88)69(91)60(41-78)103-72)105-107(6,93)100-44-52-36-58(39-76(52)64(86)30-18-12-9-15-24-55(82)27-21-33-98-73-49(5)67(89)70(92)61(42-79)104-73)106-108(94,95)101-45-50-34-56(83)37-74(50)62(84)28-16-10-7-13-22-53(80)25-19-31-96-71-47(3)65(87)68(90)59(40-77)102-71/h46-52,56-61,65-73,77-79,83,87-92H,7-45H2,1-6H3,(H,94,95)/t47?,48?,49?,50-,51-,52-,56+,57+,58+,59?,60?,61?,65+,66+,67+,68-,69-,70-,71+,72+,73+,107?/m0/s1. The molecule has 11 N–H and O–H groups in total. The molecule has 0 aromatic carbocycles. The molecule has 0 aliphatic carbocycles. The number of carbonyl (C=O) groups is 6. The molecule has 35 heteroatoms. The van der Waals surface area contributed by atoms with Gasteiger partial charge in [0.05, 0.1) is 120 Å². The molecule has 23 atom stereocenters. The van der Waals surface area contributed by atoms with Crippen molar-refractivity contribution in [3.63, 3.8) is 0 Å². The molecular weight excluding hydrogens is 1460 g/mol. The van der Waals surface area contributed by atoms with Gasteiger partial charge in [-0.3, -0.25) is 42.4 Å². The predicted octanol–water partition coefficient (Wildman–Crippen LogP) is 3.65. The first-order valence-electron chi connectivity index (χ1n) is 39.4. The second-order valence-electron chi connectivity index (χ2n) is 30.6. The van der Waals surface area contributed by atoms with Gasteiger partial charge >= 0.3 is 15.4 Å². The van der Waals surface area contributed by atoms with E-state index in [1.807, 2.05) is 13.8 Å². The first-order valence-corrected chi connectivity index (χ1v) is 42.9. The predicted molar refractivity (Wildman–Crippen MR) is 387 cm³/mol. The highest BCUT2D eigenvalue weighted by atomic mass is 31.2. The quantitative estimate of drug-likeness (QED) is 0.0306. The number of hydrogen-bond acceptors (Lipinski definition) is 29. The van der Waals surface area contributed by atoms with E-state index in [0.29, 0.717) is 116 Å². The van der Waals surface area contributed by atoms with E-state index < -0.39 is 170 Å². The Labute approximate surface area is 635 Å². The number of β-amino-alcohol motifs (C(OH)–C–C–N with tert-alkyl or cyclic N) is 1. The van der Waals surface area contributed by atoms with E-state index in [4.69, 9.17) is 51.3 Å². The van der Waals surface area contributed by atoms with Crippen molar-refractivity contribution in [2.75, 3.05) is 85.8 Å². The third kappa shape index (κ3) is 31.0. The van der Waals surface area contributed by atoms with Gasteiger partial charge in [-0.15, -0.1) is 0 Å². The van der Waals surface area contributed by atoms with Crippen molar-refractivity contribution in [1.29, 1.82) is 0 Å². The molecule has 6 rings (SSSR count). The van der Waals surface area contributed by atoms with Gasteiger partial charge in [0.1, 0.15) is 54.0 Å². The van der Waals surface area contributed by atoms with Crippen molar-refractivity contribution < 1.29 is 145 Å². The summed E-state index contributed by atoms with van der Waals surface area (Å²) in [5, 5.41) is 100. The molecule has 6 aliphatic heterocycles. The summed E-state index contributed by atoms with van der Waals surface area (Å²) < 4.78 is 91.4. The van der Waals surface area contributed by atoms with Crippen LogP contribution in [-0.2, 0) is 89.2 Å². The molecule has 108 heavy (non-hydrogen) atoms. The van der Waals surface area contributed by atoms with Crippen molar-refractivity contribution in [2.45, 2.75) is 324 Å². The van der Waals surface area contributed by atoms with Crippen LogP contribution in [0.4, 0.5) is 0 Å². The van der Waals surface area contributed by atoms with Crippen LogP contribution in [0.5, 0.6) is 0 Å². The lowest BCUT2D eigenvalue weighted by Gasteiger charge is -2.40. The van der Waals surface area contributed by atoms with E-state index in [-0.39, 0.29) is 145 Å². The summed E-state index contributed by atoms with van der Waals surface area (Å²) >= 11 is 0. The molecule has 0 radical (unpaired) electrons. The number of ether oxygens (including phenoxy) is 7. The zero-order chi connectivity index (χ0) is 79.3. The molecular formula is C73H129N3O30P2. The number of Topliss-reactive ketones (excluding diaryl/α,β-unsaturated/α-hetero) is 3. The van der Waals surface area contributed by atoms with Crippen molar-refractivity contribution in [3.05, 3.63) is 0 Å². The molecule has 6 aliphatic rings. The Kier molecular flexibility index (Phi) is 41.5. The van der Waals surface area contributed by atoms with E-state index in [1.165, 1.54) is 16.5 Å². The number of likely N-dealkylation sites (tertiary alicyclic amines) is 3. The van der Waals surface area contributed by atoms with Crippen LogP contribution in [0.1, 0.15) is 208 Å². The summed E-state index contributed by atoms with van der Waals surface area (Å²) in [5.41, 5.74) is 0. The van der Waals surface area contributed by atoms with Crippen molar-refractivity contribution >= 4 is 50.5 Å². The maximum atomic E-state index is 14.3. The summed E-state index contributed by atoms with van der Waals surface area (Å²) in [4.78, 5) is 95.3. The number of aliphatic hydroxyl groups is 10. The van der Waals surface area contributed by atoms with Crippen molar-refractivity contribution in [2.24, 2.45) is 17.8 Å². The number of ketones is 3. The van der Waals surface area contributed by atoms with E-state index >= 15 is 0 Å². The van der Waals surface area contributed by atoms with Crippen LogP contribution in [0, 0.1) is 17.8 Å². The molecule has 0 spiro atoms. The molecule has 6 fully saturated rings. The fourth-order valence-corrected chi connectivity index (χ4v) is 16.9. The second kappa shape index (κ2) is 47.8. The fraction of sp³-hybridized carbons (Fsp3) is 0.918. The maximum absolute atomic E-state index is 14.3. The first kappa shape index (κ1) is 93.9. The number of rotatable bonds is 52. The van der Waals surface area contributed by atoms with Crippen LogP contribution in [0.15, 0.2) is 0 Å². The highest BCUT2D eigenvalue weighted by Gasteiger charge is 2.47. The third-order valence-corrected chi connectivity index (χ3v) is 23.6. The summed E-state index contributed by atoms with van der Waals surface area (Å²) in [5.74, 6) is -2.29. The summed E-state index contributed by atoms with van der Waals surface area (Å²) in [7, 11) is -8.86. The highest BCUT2D eigenvalue weighted by molar-refractivity contribution is 7.53. The van der Waals surface area contributed by atoms with Crippen LogP contribution in [0.3, 0.4) is 0 Å². The molecule has 626 valence electrons. The number of carbonyl (C=O) groups excluding carboxylic acids is 6. The van der Waals surface area contributed by atoms with Gasteiger partial charge in [-0.2, -0.15) is 0 Å². The zero-order valence-electron chi connectivity index (χ0n) is 64.2. The van der Waals surface area contributed by atoms with Gasteiger partial charge in [0, 0.05) is 102 Å². The van der Waals surface area contributed by atoms with E-state index in [1.54, 1.807) is 25.7 Å². The lowest BCUT2D eigenvalue weighted by atomic mass is 9.92. The van der Waals surface area contributed by atoms with E-state index in [0.717, 1.165) is 6.42 Å². The van der Waals surface area contributed by atoms with Crippen molar-refractivity contribution in [3.8, 4) is 0 Å².